The lowest BCUT2D eigenvalue weighted by atomic mass is 10.0. The molecule has 120 valence electrons. The molecule has 0 fully saturated rings. The Kier molecular flexibility index (Phi) is 4.42. The molecule has 1 amide bonds. The van der Waals surface area contributed by atoms with E-state index in [9.17, 15) is 10.0 Å². The highest BCUT2D eigenvalue weighted by Gasteiger charge is 2.27. The summed E-state index contributed by atoms with van der Waals surface area (Å²) >= 11 is 6.82. The summed E-state index contributed by atoms with van der Waals surface area (Å²) in [5.41, 5.74) is 1.99. The number of halogens is 1. The molecule has 2 heterocycles. The van der Waals surface area contributed by atoms with Crippen molar-refractivity contribution in [3.05, 3.63) is 45.8 Å². The highest BCUT2D eigenvalue weighted by atomic mass is 35.5. The Morgan fingerprint density at radius 2 is 2.04 bits per heavy atom. The zero-order valence-corrected chi connectivity index (χ0v) is 13.7. The van der Waals surface area contributed by atoms with Crippen LogP contribution in [0.15, 0.2) is 29.4 Å². The maximum atomic E-state index is 12.1. The monoisotopic (exact) mass is 352 g/mol. The van der Waals surface area contributed by atoms with Gasteiger partial charge in [0.25, 0.3) is 0 Å². The lowest BCUT2D eigenvalue weighted by Gasteiger charge is -2.21. The van der Waals surface area contributed by atoms with E-state index in [1.807, 2.05) is 12.1 Å². The van der Waals surface area contributed by atoms with E-state index < -0.39 is 5.23 Å². The molecule has 0 saturated carbocycles. The third-order valence-electron chi connectivity index (χ3n) is 3.37. The van der Waals surface area contributed by atoms with Crippen LogP contribution < -0.4 is 10.2 Å². The van der Waals surface area contributed by atoms with Crippen LogP contribution in [-0.4, -0.2) is 21.8 Å². The zero-order valence-electron chi connectivity index (χ0n) is 12.1. The van der Waals surface area contributed by atoms with Gasteiger partial charge in [0.1, 0.15) is 5.69 Å². The summed E-state index contributed by atoms with van der Waals surface area (Å²) in [4.78, 5) is 16.3. The molecule has 7 nitrogen and oxygen atoms in total. The number of aryl methyl sites for hydroxylation is 1. The number of nitrogens with one attached hydrogen (secondary N) is 1. The summed E-state index contributed by atoms with van der Waals surface area (Å²) in [6, 6.07) is 7.20. The molecule has 1 aromatic carbocycles. The number of hydrazone groups is 1. The smallest absolute Gasteiger partial charge is 0.249 e. The summed E-state index contributed by atoms with van der Waals surface area (Å²) in [7, 11) is 0. The largest absolute Gasteiger partial charge is 0.594 e. The van der Waals surface area contributed by atoms with E-state index in [4.69, 9.17) is 16.8 Å². The highest BCUT2D eigenvalue weighted by molar-refractivity contribution is 7.19. The van der Waals surface area contributed by atoms with Crippen LogP contribution in [0, 0.1) is 12.1 Å². The van der Waals surface area contributed by atoms with Crippen molar-refractivity contribution in [1.29, 1.82) is 0 Å². The van der Waals surface area contributed by atoms with Crippen molar-refractivity contribution in [2.24, 2.45) is 5.10 Å². The number of hydrogen-bond donors (Lipinski definition) is 2. The average molecular weight is 353 g/mol. The number of thiazole rings is 1. The summed E-state index contributed by atoms with van der Waals surface area (Å²) in [5, 5.41) is 25.8. The maximum Gasteiger partial charge on any atom is 0.249 e. The van der Waals surface area contributed by atoms with Gasteiger partial charge in [-0.1, -0.05) is 23.7 Å². The van der Waals surface area contributed by atoms with Crippen molar-refractivity contribution < 1.29 is 15.2 Å². The minimum Gasteiger partial charge on any atom is -0.594 e. The minimum atomic E-state index is -1.06. The number of aromatic nitrogens is 1. The molecule has 23 heavy (non-hydrogen) atoms. The van der Waals surface area contributed by atoms with Gasteiger partial charge in [0.2, 0.25) is 16.0 Å². The Bertz CT molecular complexity index is 773. The zero-order chi connectivity index (χ0) is 16.6. The van der Waals surface area contributed by atoms with E-state index in [2.05, 4.69) is 10.1 Å². The Hall–Kier alpha value is -1.84. The number of quaternary nitrogens is 1. The molecule has 1 atom stereocenters. The van der Waals surface area contributed by atoms with Gasteiger partial charge < -0.3 is 5.21 Å². The highest BCUT2D eigenvalue weighted by Crippen LogP contribution is 2.30. The normalized spacial score (nSPS) is 16.4. The van der Waals surface area contributed by atoms with Gasteiger partial charge in [-0.15, -0.1) is 0 Å². The van der Waals surface area contributed by atoms with E-state index in [0.717, 1.165) is 22.6 Å². The first kappa shape index (κ1) is 16.0. The van der Waals surface area contributed by atoms with Crippen molar-refractivity contribution in [2.45, 2.75) is 19.8 Å². The van der Waals surface area contributed by atoms with Crippen molar-refractivity contribution in [1.82, 2.24) is 4.98 Å². The number of amides is 1. The predicted molar refractivity (Wildman–Crippen MR) is 87.3 cm³/mol. The molecule has 1 aromatic heterocycles. The number of nitrogens with zero attached hydrogens (tertiary/aromatic N) is 3. The summed E-state index contributed by atoms with van der Waals surface area (Å²) in [5.74, 6) is -0.201. The third kappa shape index (κ3) is 3.26. The molecule has 2 aromatic rings. The maximum absolute atomic E-state index is 12.1. The van der Waals surface area contributed by atoms with Crippen LogP contribution in [0.5, 0.6) is 0 Å². The van der Waals surface area contributed by atoms with E-state index >= 15 is 0 Å². The van der Waals surface area contributed by atoms with Gasteiger partial charge in [0.15, 0.2) is 0 Å². The first-order valence-electron chi connectivity index (χ1n) is 6.83. The second kappa shape index (κ2) is 6.34. The fourth-order valence-electron chi connectivity index (χ4n) is 2.22. The Morgan fingerprint density at radius 3 is 2.65 bits per heavy atom. The van der Waals surface area contributed by atoms with Crippen molar-refractivity contribution in [3.63, 3.8) is 0 Å². The fourth-order valence-corrected chi connectivity index (χ4v) is 3.22. The molecule has 1 aliphatic rings. The van der Waals surface area contributed by atoms with E-state index in [-0.39, 0.29) is 16.0 Å². The molecular weight excluding hydrogens is 340 g/mol. The number of anilines is 1. The molecule has 0 spiro atoms. The average Bonchev–Trinajstić information content (AvgIpc) is 2.91. The van der Waals surface area contributed by atoms with Crippen molar-refractivity contribution in [2.75, 3.05) is 5.01 Å². The first-order valence-corrected chi connectivity index (χ1v) is 8.02. The molecule has 1 unspecified atom stereocenters. The molecule has 0 radical (unpaired) electrons. The van der Waals surface area contributed by atoms with Gasteiger partial charge in [-0.3, -0.25) is 4.79 Å². The molecule has 9 heteroatoms. The molecule has 0 saturated heterocycles. The summed E-state index contributed by atoms with van der Waals surface area (Å²) in [6.07, 6.45) is 0.815. The molecule has 0 bridgehead atoms. The second-order valence-electron chi connectivity index (χ2n) is 4.98. The lowest BCUT2D eigenvalue weighted by molar-refractivity contribution is -0.989. The Morgan fingerprint density at radius 1 is 1.35 bits per heavy atom. The van der Waals surface area contributed by atoms with E-state index in [1.165, 1.54) is 5.01 Å². The first-order chi connectivity index (χ1) is 11.0. The van der Waals surface area contributed by atoms with Gasteiger partial charge in [-0.2, -0.15) is 15.3 Å². The van der Waals surface area contributed by atoms with Crippen LogP contribution in [0.2, 0.25) is 5.02 Å². The summed E-state index contributed by atoms with van der Waals surface area (Å²) < 4.78 is 0. The SMILES string of the molecule is Cc1nc(N2N=C(c3ccc(Cl)cc3)CCC2=O)sc1[NH+]([O-])O. The van der Waals surface area contributed by atoms with Gasteiger partial charge in [0, 0.05) is 17.9 Å². The van der Waals surface area contributed by atoms with E-state index in [0.29, 0.717) is 23.6 Å². The lowest BCUT2D eigenvalue weighted by Crippen LogP contribution is -2.99. The van der Waals surface area contributed by atoms with Gasteiger partial charge in [0.05, 0.1) is 5.71 Å². The van der Waals surface area contributed by atoms with E-state index in [1.54, 1.807) is 19.1 Å². The third-order valence-corrected chi connectivity index (χ3v) is 4.74. The van der Waals surface area contributed by atoms with Crippen LogP contribution in [0.25, 0.3) is 0 Å². The Labute approximate surface area is 141 Å². The Balaban J connectivity index is 1.97. The van der Waals surface area contributed by atoms with Crippen LogP contribution in [0.3, 0.4) is 0 Å². The van der Waals surface area contributed by atoms with Crippen molar-refractivity contribution in [3.8, 4) is 0 Å². The van der Waals surface area contributed by atoms with Crippen LogP contribution >= 0.6 is 22.9 Å². The number of hydrogen-bond acceptors (Lipinski definition) is 6. The molecule has 1 aliphatic heterocycles. The summed E-state index contributed by atoms with van der Waals surface area (Å²) in [6.45, 7) is 1.60. The molecular formula is C14H13ClN4O3S. The quantitative estimate of drug-likeness (QED) is 0.826. The van der Waals surface area contributed by atoms with Gasteiger partial charge in [-0.25, -0.2) is 10.2 Å². The predicted octanol–water partition coefficient (Wildman–Crippen LogP) is 2.04. The fraction of sp³-hybridized carbons (Fsp3) is 0.214. The van der Waals surface area contributed by atoms with Crippen LogP contribution in [0.4, 0.5) is 10.1 Å². The number of benzene rings is 1. The molecule has 3 rings (SSSR count). The number of rotatable bonds is 3. The minimum absolute atomic E-state index is 0.113. The van der Waals surface area contributed by atoms with Crippen LogP contribution in [-0.2, 0) is 4.79 Å². The molecule has 0 aliphatic carbocycles. The second-order valence-corrected chi connectivity index (χ2v) is 6.39. The van der Waals surface area contributed by atoms with Crippen LogP contribution in [0.1, 0.15) is 24.1 Å². The standard InChI is InChI=1S/C14H13ClN4O3S/c1-8-13(19(21)22)23-14(16-8)18-12(20)7-6-11(17-18)9-2-4-10(15)5-3-9/h2-5,19,21H,6-7H2,1H3. The van der Waals surface area contributed by atoms with Gasteiger partial charge in [-0.05, 0) is 36.0 Å². The topological polar surface area (TPSA) is 93.3 Å². The number of carbonyl (C=O) groups is 1. The van der Waals surface area contributed by atoms with Crippen molar-refractivity contribution >= 4 is 44.7 Å². The number of carbonyl (C=O) groups excluding carboxylic acids is 1. The van der Waals surface area contributed by atoms with Gasteiger partial charge >= 0.3 is 0 Å². The molecule has 2 N–H and O–H groups in total.